The first-order valence-electron chi connectivity index (χ1n) is 10.8. The number of carbonyl (C=O) groups is 2. The number of nitrogens with zero attached hydrogens (tertiary/aromatic N) is 3. The van der Waals surface area contributed by atoms with Gasteiger partial charge in [0.25, 0.3) is 5.91 Å². The lowest BCUT2D eigenvalue weighted by Crippen LogP contribution is -2.51. The Kier molecular flexibility index (Phi) is 4.99. The molecule has 1 fully saturated rings. The summed E-state index contributed by atoms with van der Waals surface area (Å²) in [6.07, 6.45) is 6.87. The summed E-state index contributed by atoms with van der Waals surface area (Å²) < 4.78 is 0. The van der Waals surface area contributed by atoms with Crippen LogP contribution in [0.25, 0.3) is 11.0 Å². The summed E-state index contributed by atoms with van der Waals surface area (Å²) in [5.74, 6) is 0.157. The molecule has 154 valence electrons. The van der Waals surface area contributed by atoms with Crippen LogP contribution in [0.5, 0.6) is 0 Å². The van der Waals surface area contributed by atoms with Gasteiger partial charge in [0.15, 0.2) is 0 Å². The Balaban J connectivity index is 1.19. The summed E-state index contributed by atoms with van der Waals surface area (Å²) in [5.41, 5.74) is 6.32. The molecule has 3 aromatic rings. The highest BCUT2D eigenvalue weighted by molar-refractivity contribution is 5.97. The smallest absolute Gasteiger partial charge is 0.254 e. The molecule has 1 aliphatic heterocycles. The van der Waals surface area contributed by atoms with E-state index in [2.05, 4.69) is 28.2 Å². The second-order valence-corrected chi connectivity index (χ2v) is 8.29. The molecule has 2 aromatic carbocycles. The molecule has 0 radical (unpaired) electrons. The molecule has 2 heterocycles. The topological polar surface area (TPSA) is 69.3 Å². The van der Waals surface area contributed by atoms with Crippen LogP contribution in [-0.2, 0) is 24.1 Å². The summed E-state index contributed by atoms with van der Waals surface area (Å²) in [4.78, 5) is 36.6. The molecule has 1 aromatic heterocycles. The van der Waals surface area contributed by atoms with Crippen molar-refractivity contribution in [3.63, 3.8) is 0 Å². The number of aryl methyl sites for hydroxylation is 2. The highest BCUT2D eigenvalue weighted by Crippen LogP contribution is 2.23. The van der Waals surface area contributed by atoms with E-state index in [0.29, 0.717) is 38.2 Å². The maximum Gasteiger partial charge on any atom is 0.254 e. The highest BCUT2D eigenvalue weighted by atomic mass is 16.2. The van der Waals surface area contributed by atoms with Gasteiger partial charge in [-0.25, -0.2) is 4.98 Å². The molecule has 0 bridgehead atoms. The number of aromatic amines is 1. The number of benzene rings is 2. The van der Waals surface area contributed by atoms with Crippen LogP contribution in [0.4, 0.5) is 0 Å². The third-order valence-corrected chi connectivity index (χ3v) is 6.36. The summed E-state index contributed by atoms with van der Waals surface area (Å²) in [7, 11) is 0. The van der Waals surface area contributed by atoms with Gasteiger partial charge in [0.05, 0.1) is 23.8 Å². The molecule has 2 aliphatic rings. The average Bonchev–Trinajstić information content (AvgIpc) is 3.26. The lowest BCUT2D eigenvalue weighted by Gasteiger charge is -2.35. The monoisotopic (exact) mass is 402 g/mol. The van der Waals surface area contributed by atoms with E-state index >= 15 is 0 Å². The van der Waals surface area contributed by atoms with Crippen LogP contribution in [0.3, 0.4) is 0 Å². The number of piperazine rings is 1. The lowest BCUT2D eigenvalue weighted by atomic mass is 9.90. The molecule has 0 unspecified atom stereocenters. The van der Waals surface area contributed by atoms with Gasteiger partial charge in [0.1, 0.15) is 0 Å². The Bertz CT molecular complexity index is 1100. The van der Waals surface area contributed by atoms with Crippen LogP contribution in [0.1, 0.15) is 39.9 Å². The normalized spacial score (nSPS) is 16.5. The average molecular weight is 402 g/mol. The largest absolute Gasteiger partial charge is 0.345 e. The molecule has 1 N–H and O–H groups in total. The SMILES string of the molecule is O=C(Cc1ccc2c(c1)CCCC2)N1CCN(C(=O)c2ccc3nc[nH]c3c2)CC1. The van der Waals surface area contributed by atoms with Gasteiger partial charge in [0.2, 0.25) is 5.91 Å². The second kappa shape index (κ2) is 7.94. The van der Waals surface area contributed by atoms with E-state index in [1.165, 1.54) is 24.0 Å². The number of aromatic nitrogens is 2. The predicted octanol–water partition coefficient (Wildman–Crippen LogP) is 2.97. The molecule has 0 atom stereocenters. The third-order valence-electron chi connectivity index (χ3n) is 6.36. The fraction of sp³-hybridized carbons (Fsp3) is 0.375. The Morgan fingerprint density at radius 2 is 1.67 bits per heavy atom. The minimum absolute atomic E-state index is 0.00767. The first-order chi connectivity index (χ1) is 14.7. The van der Waals surface area contributed by atoms with Gasteiger partial charge in [-0.05, 0) is 60.6 Å². The van der Waals surface area contributed by atoms with E-state index in [0.717, 1.165) is 29.4 Å². The summed E-state index contributed by atoms with van der Waals surface area (Å²) in [6.45, 7) is 2.30. The Morgan fingerprint density at radius 1 is 0.900 bits per heavy atom. The molecular weight excluding hydrogens is 376 g/mol. The predicted molar refractivity (Wildman–Crippen MR) is 115 cm³/mol. The van der Waals surface area contributed by atoms with Crippen LogP contribution in [-0.4, -0.2) is 57.8 Å². The van der Waals surface area contributed by atoms with E-state index < -0.39 is 0 Å². The highest BCUT2D eigenvalue weighted by Gasteiger charge is 2.25. The molecule has 5 rings (SSSR count). The summed E-state index contributed by atoms with van der Waals surface area (Å²) in [5, 5.41) is 0. The molecule has 1 saturated heterocycles. The number of hydrogen-bond acceptors (Lipinski definition) is 3. The number of amides is 2. The van der Waals surface area contributed by atoms with Crippen molar-refractivity contribution in [2.75, 3.05) is 26.2 Å². The molecule has 30 heavy (non-hydrogen) atoms. The van der Waals surface area contributed by atoms with Crippen molar-refractivity contribution in [1.82, 2.24) is 19.8 Å². The number of rotatable bonds is 3. The maximum atomic E-state index is 12.9. The Hall–Kier alpha value is -3.15. The minimum Gasteiger partial charge on any atom is -0.345 e. The van der Waals surface area contributed by atoms with Crippen LogP contribution in [0, 0.1) is 0 Å². The molecular formula is C24H26N4O2. The second-order valence-electron chi connectivity index (χ2n) is 8.29. The zero-order valence-electron chi connectivity index (χ0n) is 17.1. The quantitative estimate of drug-likeness (QED) is 0.732. The van der Waals surface area contributed by atoms with Gasteiger partial charge < -0.3 is 14.8 Å². The Labute approximate surface area is 175 Å². The zero-order valence-corrected chi connectivity index (χ0v) is 17.1. The van der Waals surface area contributed by atoms with Crippen LogP contribution in [0.15, 0.2) is 42.7 Å². The number of imidazole rings is 1. The van der Waals surface area contributed by atoms with Crippen molar-refractivity contribution in [2.24, 2.45) is 0 Å². The molecule has 6 nitrogen and oxygen atoms in total. The molecule has 2 amide bonds. The van der Waals surface area contributed by atoms with Gasteiger partial charge in [-0.3, -0.25) is 9.59 Å². The van der Waals surface area contributed by atoms with Gasteiger partial charge in [-0.15, -0.1) is 0 Å². The van der Waals surface area contributed by atoms with E-state index in [1.807, 2.05) is 28.0 Å². The number of fused-ring (bicyclic) bond motifs is 2. The summed E-state index contributed by atoms with van der Waals surface area (Å²) >= 11 is 0. The number of carbonyl (C=O) groups excluding carboxylic acids is 2. The minimum atomic E-state index is 0.00767. The van der Waals surface area contributed by atoms with E-state index in [1.54, 1.807) is 6.33 Å². The van der Waals surface area contributed by atoms with Crippen molar-refractivity contribution in [3.05, 3.63) is 65.0 Å². The number of nitrogens with one attached hydrogen (secondary N) is 1. The van der Waals surface area contributed by atoms with Crippen LogP contribution in [0.2, 0.25) is 0 Å². The first kappa shape index (κ1) is 18.9. The van der Waals surface area contributed by atoms with Crippen molar-refractivity contribution in [2.45, 2.75) is 32.1 Å². The van der Waals surface area contributed by atoms with E-state index in [-0.39, 0.29) is 11.8 Å². The van der Waals surface area contributed by atoms with Gasteiger partial charge in [-0.2, -0.15) is 0 Å². The maximum absolute atomic E-state index is 12.9. The van der Waals surface area contributed by atoms with E-state index in [9.17, 15) is 9.59 Å². The third kappa shape index (κ3) is 3.70. The standard InChI is InChI=1S/C24H26N4O2/c29-23(14-17-5-6-18-3-1-2-4-19(18)13-17)27-9-11-28(12-10-27)24(30)20-7-8-21-22(15-20)26-16-25-21/h5-8,13,15-16H,1-4,9-12,14H2,(H,25,26). The van der Waals surface area contributed by atoms with Gasteiger partial charge in [-0.1, -0.05) is 18.2 Å². The van der Waals surface area contributed by atoms with Crippen molar-refractivity contribution in [3.8, 4) is 0 Å². The zero-order chi connectivity index (χ0) is 20.5. The number of H-pyrrole nitrogens is 1. The van der Waals surface area contributed by atoms with Crippen molar-refractivity contribution < 1.29 is 9.59 Å². The van der Waals surface area contributed by atoms with Gasteiger partial charge >= 0.3 is 0 Å². The van der Waals surface area contributed by atoms with Gasteiger partial charge in [0, 0.05) is 31.7 Å². The van der Waals surface area contributed by atoms with E-state index in [4.69, 9.17) is 0 Å². The summed E-state index contributed by atoms with van der Waals surface area (Å²) in [6, 6.07) is 12.0. The van der Waals surface area contributed by atoms with Crippen LogP contribution >= 0.6 is 0 Å². The fourth-order valence-corrected chi connectivity index (χ4v) is 4.59. The molecule has 1 aliphatic carbocycles. The fourth-order valence-electron chi connectivity index (χ4n) is 4.59. The molecule has 0 spiro atoms. The number of hydrogen-bond donors (Lipinski definition) is 1. The lowest BCUT2D eigenvalue weighted by molar-refractivity contribution is -0.131. The van der Waals surface area contributed by atoms with Crippen LogP contribution < -0.4 is 0 Å². The first-order valence-corrected chi connectivity index (χ1v) is 10.8. The van der Waals surface area contributed by atoms with Crippen molar-refractivity contribution in [1.29, 1.82) is 0 Å². The molecule has 0 saturated carbocycles. The van der Waals surface area contributed by atoms with Crippen molar-refractivity contribution >= 4 is 22.8 Å². The molecule has 6 heteroatoms. The Morgan fingerprint density at radius 3 is 2.50 bits per heavy atom.